The second-order valence-corrected chi connectivity index (χ2v) is 6.21. The van der Waals surface area contributed by atoms with E-state index < -0.39 is 15.1 Å². The lowest BCUT2D eigenvalue weighted by molar-refractivity contribution is 0.587. The molecule has 0 aromatic heterocycles. The maximum absolute atomic E-state index is 12.0. The summed E-state index contributed by atoms with van der Waals surface area (Å²) in [5, 5.41) is 7.78. The van der Waals surface area contributed by atoms with Gasteiger partial charge in [0.1, 0.15) is 0 Å². The van der Waals surface area contributed by atoms with Crippen molar-refractivity contribution in [2.75, 3.05) is 5.73 Å². The Labute approximate surface area is 103 Å². The molecule has 0 heterocycles. The third-order valence-corrected chi connectivity index (χ3v) is 5.23. The Bertz CT molecular complexity index is 534. The minimum atomic E-state index is -3.61. The number of anilines is 1. The van der Waals surface area contributed by atoms with Gasteiger partial charge in [-0.1, -0.05) is 6.92 Å². The predicted molar refractivity (Wildman–Crippen MR) is 65.4 cm³/mol. The number of hydrogen-bond donors (Lipinski definition) is 1. The Morgan fingerprint density at radius 2 is 2.19 bits per heavy atom. The minimum absolute atomic E-state index is 0.107. The molecule has 0 fully saturated rings. The Morgan fingerprint density at radius 3 is 2.62 bits per heavy atom. The maximum Gasteiger partial charge on any atom is 0.195 e. The van der Waals surface area contributed by atoms with E-state index in [1.54, 1.807) is 13.0 Å². The van der Waals surface area contributed by atoms with Crippen molar-refractivity contribution in [3.05, 3.63) is 22.7 Å². The molecule has 1 rings (SSSR count). The molecule has 2 N–H and O–H groups in total. The van der Waals surface area contributed by atoms with Crippen molar-refractivity contribution in [1.29, 1.82) is 5.26 Å². The van der Waals surface area contributed by atoms with Gasteiger partial charge in [-0.05, 0) is 40.5 Å². The molecule has 1 unspecified atom stereocenters. The molecule has 0 saturated heterocycles. The largest absolute Gasteiger partial charge is 0.399 e. The van der Waals surface area contributed by atoms with E-state index in [1.165, 1.54) is 18.2 Å². The summed E-state index contributed by atoms with van der Waals surface area (Å²) in [5.41, 5.74) is 5.99. The van der Waals surface area contributed by atoms with Gasteiger partial charge in [-0.15, -0.1) is 0 Å². The molecule has 6 heteroatoms. The van der Waals surface area contributed by atoms with Gasteiger partial charge in [0, 0.05) is 10.2 Å². The summed E-state index contributed by atoms with van der Waals surface area (Å²) in [6, 6.07) is 6.22. The van der Waals surface area contributed by atoms with Crippen LogP contribution in [0.15, 0.2) is 27.6 Å². The van der Waals surface area contributed by atoms with Gasteiger partial charge in [-0.25, -0.2) is 8.42 Å². The number of nitriles is 1. The van der Waals surface area contributed by atoms with Gasteiger partial charge in [0.25, 0.3) is 0 Å². The predicted octanol–water partition coefficient (Wildman–Crippen LogP) is 2.11. The first kappa shape index (κ1) is 13.0. The smallest absolute Gasteiger partial charge is 0.195 e. The van der Waals surface area contributed by atoms with E-state index in [1.807, 2.05) is 0 Å². The van der Waals surface area contributed by atoms with E-state index in [2.05, 4.69) is 15.9 Å². The van der Waals surface area contributed by atoms with Crippen molar-refractivity contribution < 1.29 is 8.42 Å². The minimum Gasteiger partial charge on any atom is -0.399 e. The third kappa shape index (κ3) is 2.36. The molecule has 0 saturated carbocycles. The molecular weight excluding hydrogens is 292 g/mol. The zero-order valence-corrected chi connectivity index (χ0v) is 11.0. The molecule has 4 nitrogen and oxygen atoms in total. The monoisotopic (exact) mass is 302 g/mol. The highest BCUT2D eigenvalue weighted by atomic mass is 79.9. The molecular formula is C10H11BrN2O2S. The molecule has 16 heavy (non-hydrogen) atoms. The first-order valence-electron chi connectivity index (χ1n) is 4.62. The molecule has 0 radical (unpaired) electrons. The van der Waals surface area contributed by atoms with Crippen molar-refractivity contribution in [1.82, 2.24) is 0 Å². The highest BCUT2D eigenvalue weighted by Gasteiger charge is 2.27. The van der Waals surface area contributed by atoms with Crippen molar-refractivity contribution >= 4 is 31.5 Å². The fourth-order valence-electron chi connectivity index (χ4n) is 1.28. The van der Waals surface area contributed by atoms with E-state index in [9.17, 15) is 8.42 Å². The Balaban J connectivity index is 3.34. The fourth-order valence-corrected chi connectivity index (χ4v) is 3.83. The second kappa shape index (κ2) is 4.85. The van der Waals surface area contributed by atoms with Gasteiger partial charge < -0.3 is 5.73 Å². The van der Waals surface area contributed by atoms with E-state index in [4.69, 9.17) is 11.0 Å². The van der Waals surface area contributed by atoms with Crippen LogP contribution < -0.4 is 5.73 Å². The maximum atomic E-state index is 12.0. The Kier molecular flexibility index (Phi) is 3.94. The molecule has 0 aliphatic rings. The van der Waals surface area contributed by atoms with Crippen LogP contribution in [0.25, 0.3) is 0 Å². The van der Waals surface area contributed by atoms with Crippen molar-refractivity contribution in [3.63, 3.8) is 0 Å². The number of nitrogen functional groups attached to an aromatic ring is 1. The number of hydrogen-bond acceptors (Lipinski definition) is 4. The topological polar surface area (TPSA) is 84.0 Å². The number of nitrogens with zero attached hydrogens (tertiary/aromatic N) is 1. The van der Waals surface area contributed by atoms with Gasteiger partial charge in [0.2, 0.25) is 0 Å². The van der Waals surface area contributed by atoms with Crippen LogP contribution >= 0.6 is 15.9 Å². The molecule has 1 aromatic rings. The van der Waals surface area contributed by atoms with Crippen LogP contribution in [0.3, 0.4) is 0 Å². The lowest BCUT2D eigenvalue weighted by Gasteiger charge is -2.10. The standard InChI is InChI=1S/C10H11BrN2O2S/c1-2-8(6-12)16(14,15)10-4-3-7(13)5-9(10)11/h3-5,8H,2,13H2,1H3. The molecule has 1 atom stereocenters. The van der Waals surface area contributed by atoms with E-state index >= 15 is 0 Å². The SMILES string of the molecule is CCC(C#N)S(=O)(=O)c1ccc(N)cc1Br. The summed E-state index contributed by atoms with van der Waals surface area (Å²) >= 11 is 3.14. The second-order valence-electron chi connectivity index (χ2n) is 3.26. The zero-order valence-electron chi connectivity index (χ0n) is 8.64. The Morgan fingerprint density at radius 1 is 1.56 bits per heavy atom. The number of halogens is 1. The highest BCUT2D eigenvalue weighted by molar-refractivity contribution is 9.10. The van der Waals surface area contributed by atoms with Gasteiger partial charge in [-0.2, -0.15) is 5.26 Å². The van der Waals surface area contributed by atoms with Crippen LogP contribution in [0.1, 0.15) is 13.3 Å². The van der Waals surface area contributed by atoms with Gasteiger partial charge in [0.05, 0.1) is 11.0 Å². The van der Waals surface area contributed by atoms with Crippen LogP contribution in [-0.4, -0.2) is 13.7 Å². The molecule has 0 aliphatic carbocycles. The van der Waals surface area contributed by atoms with Crippen molar-refractivity contribution in [2.45, 2.75) is 23.5 Å². The summed E-state index contributed by atoms with van der Waals surface area (Å²) in [6.07, 6.45) is 0.260. The quantitative estimate of drug-likeness (QED) is 0.867. The van der Waals surface area contributed by atoms with E-state index in [0.717, 1.165) is 0 Å². The number of rotatable bonds is 3. The van der Waals surface area contributed by atoms with Crippen molar-refractivity contribution in [3.8, 4) is 6.07 Å². The molecule has 1 aromatic carbocycles. The summed E-state index contributed by atoms with van der Waals surface area (Å²) < 4.78 is 24.5. The van der Waals surface area contributed by atoms with Gasteiger partial charge in [-0.3, -0.25) is 0 Å². The lowest BCUT2D eigenvalue weighted by Crippen LogP contribution is -2.19. The van der Waals surface area contributed by atoms with Crippen LogP contribution in [-0.2, 0) is 9.84 Å². The molecule has 0 bridgehead atoms. The van der Waals surface area contributed by atoms with E-state index in [0.29, 0.717) is 10.2 Å². The number of benzene rings is 1. The molecule has 0 amide bonds. The molecule has 0 spiro atoms. The van der Waals surface area contributed by atoms with Gasteiger partial charge >= 0.3 is 0 Å². The van der Waals surface area contributed by atoms with Crippen LogP contribution in [0.2, 0.25) is 0 Å². The number of nitrogens with two attached hydrogens (primary N) is 1. The Hall–Kier alpha value is -1.06. The first-order valence-corrected chi connectivity index (χ1v) is 6.96. The highest BCUT2D eigenvalue weighted by Crippen LogP contribution is 2.28. The van der Waals surface area contributed by atoms with E-state index in [-0.39, 0.29) is 11.3 Å². The lowest BCUT2D eigenvalue weighted by atomic mass is 10.3. The average molecular weight is 303 g/mol. The first-order chi connectivity index (χ1) is 7.43. The summed E-state index contributed by atoms with van der Waals surface area (Å²) in [4.78, 5) is 0.107. The van der Waals surface area contributed by atoms with Crippen LogP contribution in [0.5, 0.6) is 0 Å². The summed E-state index contributed by atoms with van der Waals surface area (Å²) in [5.74, 6) is 0. The number of sulfone groups is 1. The van der Waals surface area contributed by atoms with Gasteiger partial charge in [0.15, 0.2) is 15.1 Å². The normalized spacial score (nSPS) is 13.1. The summed E-state index contributed by atoms with van der Waals surface area (Å²) in [6.45, 7) is 1.66. The fraction of sp³-hybridized carbons (Fsp3) is 0.300. The average Bonchev–Trinajstić information content (AvgIpc) is 2.18. The van der Waals surface area contributed by atoms with Crippen molar-refractivity contribution in [2.24, 2.45) is 0 Å². The molecule has 0 aliphatic heterocycles. The van der Waals surface area contributed by atoms with Crippen LogP contribution in [0.4, 0.5) is 5.69 Å². The zero-order chi connectivity index (χ0) is 12.3. The summed E-state index contributed by atoms with van der Waals surface area (Å²) in [7, 11) is -3.61. The third-order valence-electron chi connectivity index (χ3n) is 2.15. The molecule has 86 valence electrons. The van der Waals surface area contributed by atoms with Crippen LogP contribution in [0, 0.1) is 11.3 Å².